The van der Waals surface area contributed by atoms with Gasteiger partial charge in [-0.3, -0.25) is 0 Å². The molecule has 0 aliphatic carbocycles. The predicted molar refractivity (Wildman–Crippen MR) is 60.1 cm³/mol. The van der Waals surface area contributed by atoms with Crippen LogP contribution in [0.4, 0.5) is 0 Å². The Morgan fingerprint density at radius 3 is 2.38 bits per heavy atom. The SMILES string of the molecule is CCC(N)(c1ccc(C)s1)C(C)C. The number of rotatable bonds is 3. The van der Waals surface area contributed by atoms with Crippen molar-refractivity contribution in [1.29, 1.82) is 0 Å². The lowest BCUT2D eigenvalue weighted by Gasteiger charge is -2.31. The van der Waals surface area contributed by atoms with Crippen LogP contribution in [-0.2, 0) is 5.54 Å². The summed E-state index contributed by atoms with van der Waals surface area (Å²) in [6.45, 7) is 8.68. The molecule has 1 aromatic rings. The molecule has 0 spiro atoms. The number of aryl methyl sites for hydroxylation is 1. The van der Waals surface area contributed by atoms with Gasteiger partial charge in [0.2, 0.25) is 0 Å². The van der Waals surface area contributed by atoms with Gasteiger partial charge in [0.1, 0.15) is 0 Å². The van der Waals surface area contributed by atoms with Crippen molar-refractivity contribution in [2.24, 2.45) is 11.7 Å². The number of hydrogen-bond donors (Lipinski definition) is 1. The van der Waals surface area contributed by atoms with Crippen LogP contribution in [0.15, 0.2) is 12.1 Å². The third kappa shape index (κ3) is 1.94. The average Bonchev–Trinajstić information content (AvgIpc) is 2.50. The smallest absolute Gasteiger partial charge is 0.0524 e. The summed E-state index contributed by atoms with van der Waals surface area (Å²) >= 11 is 1.82. The first-order chi connectivity index (χ1) is 6.00. The van der Waals surface area contributed by atoms with E-state index in [4.69, 9.17) is 5.73 Å². The lowest BCUT2D eigenvalue weighted by molar-refractivity contribution is 0.312. The van der Waals surface area contributed by atoms with E-state index in [0.29, 0.717) is 5.92 Å². The Hall–Kier alpha value is -0.340. The van der Waals surface area contributed by atoms with Crippen LogP contribution < -0.4 is 5.73 Å². The molecule has 1 atom stereocenters. The largest absolute Gasteiger partial charge is 0.321 e. The standard InChI is InChI=1S/C11H19NS/c1-5-11(12,8(2)3)10-7-6-9(4)13-10/h6-8H,5,12H2,1-4H3. The van der Waals surface area contributed by atoms with Crippen LogP contribution in [-0.4, -0.2) is 0 Å². The zero-order valence-electron chi connectivity index (χ0n) is 8.92. The van der Waals surface area contributed by atoms with Crippen molar-refractivity contribution in [2.45, 2.75) is 39.7 Å². The van der Waals surface area contributed by atoms with Gasteiger partial charge in [0.25, 0.3) is 0 Å². The monoisotopic (exact) mass is 197 g/mol. The normalized spacial score (nSPS) is 16.2. The van der Waals surface area contributed by atoms with Gasteiger partial charge < -0.3 is 5.73 Å². The maximum absolute atomic E-state index is 6.39. The highest BCUT2D eigenvalue weighted by Crippen LogP contribution is 2.34. The van der Waals surface area contributed by atoms with Gasteiger partial charge in [0.05, 0.1) is 5.54 Å². The Morgan fingerprint density at radius 1 is 1.46 bits per heavy atom. The summed E-state index contributed by atoms with van der Waals surface area (Å²) in [5.74, 6) is 0.496. The maximum Gasteiger partial charge on any atom is 0.0524 e. The Labute approximate surface area is 85.0 Å². The van der Waals surface area contributed by atoms with Crippen LogP contribution >= 0.6 is 11.3 Å². The van der Waals surface area contributed by atoms with E-state index in [9.17, 15) is 0 Å². The average molecular weight is 197 g/mol. The Balaban J connectivity index is 3.02. The highest BCUT2D eigenvalue weighted by molar-refractivity contribution is 7.12. The Bertz CT molecular complexity index is 277. The van der Waals surface area contributed by atoms with Gasteiger partial charge in [-0.05, 0) is 31.4 Å². The molecular formula is C11H19NS. The lowest BCUT2D eigenvalue weighted by Crippen LogP contribution is -2.40. The molecule has 0 bridgehead atoms. The topological polar surface area (TPSA) is 26.0 Å². The van der Waals surface area contributed by atoms with Gasteiger partial charge in [-0.2, -0.15) is 0 Å². The molecule has 0 saturated heterocycles. The van der Waals surface area contributed by atoms with Gasteiger partial charge in [-0.1, -0.05) is 20.8 Å². The second-order valence-electron chi connectivity index (χ2n) is 3.96. The highest BCUT2D eigenvalue weighted by Gasteiger charge is 2.30. The van der Waals surface area contributed by atoms with Crippen molar-refractivity contribution < 1.29 is 0 Å². The lowest BCUT2D eigenvalue weighted by atomic mass is 9.84. The molecule has 0 amide bonds. The first-order valence-corrected chi connectivity index (χ1v) is 5.68. The summed E-state index contributed by atoms with van der Waals surface area (Å²) in [6, 6.07) is 4.32. The summed E-state index contributed by atoms with van der Waals surface area (Å²) < 4.78 is 0. The van der Waals surface area contributed by atoms with Gasteiger partial charge in [0.15, 0.2) is 0 Å². The summed E-state index contributed by atoms with van der Waals surface area (Å²) in [5.41, 5.74) is 6.26. The highest BCUT2D eigenvalue weighted by atomic mass is 32.1. The van der Waals surface area contributed by atoms with E-state index in [1.54, 1.807) is 0 Å². The molecule has 0 radical (unpaired) electrons. The second kappa shape index (κ2) is 3.81. The third-order valence-corrected chi connectivity index (χ3v) is 4.01. The van der Waals surface area contributed by atoms with E-state index >= 15 is 0 Å². The molecule has 0 aliphatic heterocycles. The fourth-order valence-corrected chi connectivity index (χ4v) is 2.74. The van der Waals surface area contributed by atoms with E-state index in [1.807, 2.05) is 11.3 Å². The van der Waals surface area contributed by atoms with Crippen LogP contribution in [0.25, 0.3) is 0 Å². The Morgan fingerprint density at radius 2 is 2.08 bits per heavy atom. The molecule has 0 saturated carbocycles. The molecule has 0 fully saturated rings. The van der Waals surface area contributed by atoms with Crippen molar-refractivity contribution >= 4 is 11.3 Å². The van der Waals surface area contributed by atoms with Gasteiger partial charge in [0, 0.05) is 9.75 Å². The van der Waals surface area contributed by atoms with Gasteiger partial charge in [-0.25, -0.2) is 0 Å². The number of hydrogen-bond acceptors (Lipinski definition) is 2. The molecule has 74 valence electrons. The molecule has 0 aromatic carbocycles. The van der Waals surface area contributed by atoms with E-state index in [1.165, 1.54) is 9.75 Å². The minimum Gasteiger partial charge on any atom is -0.321 e. The summed E-state index contributed by atoms with van der Waals surface area (Å²) in [6.07, 6.45) is 1.00. The van der Waals surface area contributed by atoms with Crippen LogP contribution in [0.2, 0.25) is 0 Å². The quantitative estimate of drug-likeness (QED) is 0.790. The van der Waals surface area contributed by atoms with E-state index in [-0.39, 0.29) is 5.54 Å². The zero-order chi connectivity index (χ0) is 10.1. The van der Waals surface area contributed by atoms with Crippen LogP contribution in [0.1, 0.15) is 36.9 Å². The predicted octanol–water partition coefficient (Wildman–Crippen LogP) is 3.28. The van der Waals surface area contributed by atoms with Crippen molar-refractivity contribution in [3.05, 3.63) is 21.9 Å². The molecule has 1 rings (SSSR count). The van der Waals surface area contributed by atoms with Crippen LogP contribution in [0.5, 0.6) is 0 Å². The Kier molecular flexibility index (Phi) is 3.14. The molecule has 1 nitrogen and oxygen atoms in total. The van der Waals surface area contributed by atoms with Crippen LogP contribution in [0, 0.1) is 12.8 Å². The van der Waals surface area contributed by atoms with Gasteiger partial charge >= 0.3 is 0 Å². The fraction of sp³-hybridized carbons (Fsp3) is 0.636. The van der Waals surface area contributed by atoms with E-state index in [0.717, 1.165) is 6.42 Å². The fourth-order valence-electron chi connectivity index (χ4n) is 1.55. The number of nitrogens with two attached hydrogens (primary N) is 1. The van der Waals surface area contributed by atoms with Gasteiger partial charge in [-0.15, -0.1) is 11.3 Å². The van der Waals surface area contributed by atoms with Crippen molar-refractivity contribution in [3.8, 4) is 0 Å². The van der Waals surface area contributed by atoms with E-state index in [2.05, 4.69) is 39.8 Å². The first kappa shape index (κ1) is 10.7. The van der Waals surface area contributed by atoms with Crippen molar-refractivity contribution in [3.63, 3.8) is 0 Å². The zero-order valence-corrected chi connectivity index (χ0v) is 9.74. The molecule has 13 heavy (non-hydrogen) atoms. The van der Waals surface area contributed by atoms with E-state index < -0.39 is 0 Å². The minimum absolute atomic E-state index is 0.126. The number of thiophene rings is 1. The third-order valence-electron chi connectivity index (χ3n) is 2.81. The summed E-state index contributed by atoms with van der Waals surface area (Å²) in [4.78, 5) is 2.67. The van der Waals surface area contributed by atoms with Crippen molar-refractivity contribution in [1.82, 2.24) is 0 Å². The molecule has 2 N–H and O–H groups in total. The minimum atomic E-state index is -0.126. The van der Waals surface area contributed by atoms with Crippen molar-refractivity contribution in [2.75, 3.05) is 0 Å². The molecule has 1 unspecified atom stereocenters. The molecule has 1 heterocycles. The van der Waals surface area contributed by atoms with Crippen LogP contribution in [0.3, 0.4) is 0 Å². The first-order valence-electron chi connectivity index (χ1n) is 4.86. The molecule has 0 aliphatic rings. The second-order valence-corrected chi connectivity index (χ2v) is 5.25. The maximum atomic E-state index is 6.39. The molecular weight excluding hydrogens is 178 g/mol. The summed E-state index contributed by atoms with van der Waals surface area (Å²) in [7, 11) is 0. The summed E-state index contributed by atoms with van der Waals surface area (Å²) in [5, 5.41) is 0. The molecule has 1 aromatic heterocycles. The molecule has 2 heteroatoms.